The van der Waals surface area contributed by atoms with Gasteiger partial charge in [-0.05, 0) is 30.3 Å². The number of alkyl halides is 3. The van der Waals surface area contributed by atoms with Gasteiger partial charge in [0.1, 0.15) is 17.2 Å². The van der Waals surface area contributed by atoms with Crippen LogP contribution in [0.2, 0.25) is 0 Å². The van der Waals surface area contributed by atoms with Crippen molar-refractivity contribution in [2.45, 2.75) is 20.0 Å². The predicted molar refractivity (Wildman–Crippen MR) is 138 cm³/mol. The van der Waals surface area contributed by atoms with E-state index in [-0.39, 0.29) is 35.6 Å². The van der Waals surface area contributed by atoms with Crippen LogP contribution in [0.15, 0.2) is 64.8 Å². The number of aliphatic imine (C=N–C) groups is 2. The van der Waals surface area contributed by atoms with Gasteiger partial charge >= 0.3 is 6.18 Å². The summed E-state index contributed by atoms with van der Waals surface area (Å²) in [5.74, 6) is -0.0825. The van der Waals surface area contributed by atoms with Gasteiger partial charge in [0.05, 0.1) is 31.1 Å². The summed E-state index contributed by atoms with van der Waals surface area (Å²) in [5, 5.41) is 2.74. The Bertz CT molecular complexity index is 1250. The standard InChI is InChI=1S/C23H23F3N8O2.C2H6/c24-23(25,26)18-5-1-3-16(31-18)21(27)33-22(17-4-2-7-28-17)30-15-6-8-29-19(13-15)32-20(35)14-34-9-11-36-12-10-34;1-2/h1-8,13,28H,9-12,14H2,(H3,27,29,30,32,33,35);1-2H3. The van der Waals surface area contributed by atoms with Crippen LogP contribution >= 0.6 is 0 Å². The molecule has 1 saturated heterocycles. The van der Waals surface area contributed by atoms with E-state index in [1.54, 1.807) is 30.5 Å². The Hall–Kier alpha value is -4.10. The molecule has 0 aromatic carbocycles. The largest absolute Gasteiger partial charge is 0.433 e. The van der Waals surface area contributed by atoms with Crippen molar-refractivity contribution < 1.29 is 22.7 Å². The number of pyridine rings is 2. The Labute approximate surface area is 217 Å². The highest BCUT2D eigenvalue weighted by Gasteiger charge is 2.32. The lowest BCUT2D eigenvalue weighted by Gasteiger charge is -2.25. The fourth-order valence-corrected chi connectivity index (χ4v) is 3.35. The first-order valence-electron chi connectivity index (χ1n) is 12.0. The molecule has 0 aliphatic carbocycles. The third-order valence-electron chi connectivity index (χ3n) is 5.08. The zero-order valence-electron chi connectivity index (χ0n) is 21.0. The highest BCUT2D eigenvalue weighted by molar-refractivity contribution is 6.10. The van der Waals surface area contributed by atoms with Crippen molar-refractivity contribution in [1.82, 2.24) is 19.9 Å². The van der Waals surface area contributed by atoms with Crippen LogP contribution in [0.5, 0.6) is 0 Å². The number of aromatic nitrogens is 3. The van der Waals surface area contributed by atoms with Crippen molar-refractivity contribution in [3.8, 4) is 0 Å². The minimum absolute atomic E-state index is 0.105. The Morgan fingerprint density at radius 3 is 2.63 bits per heavy atom. The Morgan fingerprint density at radius 1 is 1.18 bits per heavy atom. The number of nitrogens with two attached hydrogens (primary N) is 1. The number of hydrogen-bond acceptors (Lipinski definition) is 6. The van der Waals surface area contributed by atoms with Crippen LogP contribution in [-0.2, 0) is 15.7 Å². The first kappa shape index (κ1) is 28.5. The lowest BCUT2D eigenvalue weighted by Crippen LogP contribution is -2.41. The number of rotatable bonds is 6. The number of amides is 1. The summed E-state index contributed by atoms with van der Waals surface area (Å²) in [7, 11) is 0. The summed E-state index contributed by atoms with van der Waals surface area (Å²) in [6, 6.07) is 9.92. The maximum Gasteiger partial charge on any atom is 0.433 e. The van der Waals surface area contributed by atoms with Gasteiger partial charge < -0.3 is 20.8 Å². The van der Waals surface area contributed by atoms with E-state index in [1.807, 2.05) is 18.7 Å². The van der Waals surface area contributed by atoms with Gasteiger partial charge in [0.15, 0.2) is 11.7 Å². The number of hydrogen-bond donors (Lipinski definition) is 3. The minimum atomic E-state index is -4.62. The molecule has 0 radical (unpaired) electrons. The molecular formula is C25H29F3N8O2. The molecular weight excluding hydrogens is 501 g/mol. The lowest BCUT2D eigenvalue weighted by atomic mass is 10.2. The van der Waals surface area contributed by atoms with Gasteiger partial charge in [-0.25, -0.2) is 20.0 Å². The number of anilines is 1. The van der Waals surface area contributed by atoms with Crippen molar-refractivity contribution in [2.75, 3.05) is 38.2 Å². The lowest BCUT2D eigenvalue weighted by molar-refractivity contribution is -0.141. The number of carbonyl (C=O) groups excluding carboxylic acids is 1. The normalized spacial score (nSPS) is 15.0. The van der Waals surface area contributed by atoms with Crippen molar-refractivity contribution in [3.63, 3.8) is 0 Å². The van der Waals surface area contributed by atoms with Crippen molar-refractivity contribution >= 4 is 29.1 Å². The molecule has 38 heavy (non-hydrogen) atoms. The summed E-state index contributed by atoms with van der Waals surface area (Å²) < 4.78 is 44.4. The molecule has 0 unspecified atom stereocenters. The number of aromatic amines is 1. The van der Waals surface area contributed by atoms with Crippen LogP contribution in [-0.4, -0.2) is 70.3 Å². The second-order valence-corrected chi connectivity index (χ2v) is 7.76. The number of ether oxygens (including phenoxy) is 1. The first-order valence-corrected chi connectivity index (χ1v) is 12.0. The van der Waals surface area contributed by atoms with E-state index < -0.39 is 11.9 Å². The summed E-state index contributed by atoms with van der Waals surface area (Å²) in [5.41, 5.74) is 5.64. The summed E-state index contributed by atoms with van der Waals surface area (Å²) in [6.45, 7) is 6.71. The molecule has 0 atom stereocenters. The van der Waals surface area contributed by atoms with Gasteiger partial charge in [-0.2, -0.15) is 13.2 Å². The van der Waals surface area contributed by atoms with Gasteiger partial charge in [0, 0.05) is 31.5 Å². The van der Waals surface area contributed by atoms with Crippen LogP contribution in [0, 0.1) is 0 Å². The van der Waals surface area contributed by atoms with E-state index in [2.05, 4.69) is 30.3 Å². The maximum absolute atomic E-state index is 13.0. The summed E-state index contributed by atoms with van der Waals surface area (Å²) >= 11 is 0. The molecule has 1 amide bonds. The SMILES string of the molecule is CC.NC(=NC(=Nc1ccnc(NC(=O)CN2CCOCC2)c1)c1ccc[nH]1)c1cccc(C(F)(F)F)n1. The Balaban J connectivity index is 0.00000195. The second kappa shape index (κ2) is 13.4. The zero-order valence-corrected chi connectivity index (χ0v) is 21.0. The van der Waals surface area contributed by atoms with Crippen molar-refractivity contribution in [2.24, 2.45) is 15.7 Å². The van der Waals surface area contributed by atoms with Gasteiger partial charge in [-0.15, -0.1) is 0 Å². The molecule has 4 rings (SSSR count). The second-order valence-electron chi connectivity index (χ2n) is 7.76. The average Bonchev–Trinajstić information content (AvgIpc) is 3.45. The Kier molecular flexibility index (Phi) is 10.1. The average molecular weight is 531 g/mol. The summed E-state index contributed by atoms with van der Waals surface area (Å²) in [6.07, 6.45) is -1.51. The fourth-order valence-electron chi connectivity index (χ4n) is 3.35. The molecule has 10 nitrogen and oxygen atoms in total. The number of amidine groups is 2. The highest BCUT2D eigenvalue weighted by Crippen LogP contribution is 2.27. The maximum atomic E-state index is 13.0. The molecule has 202 valence electrons. The molecule has 1 aliphatic heterocycles. The van der Waals surface area contributed by atoms with Crippen LogP contribution in [0.1, 0.15) is 30.9 Å². The molecule has 0 saturated carbocycles. The number of nitrogens with zero attached hydrogens (tertiary/aromatic N) is 5. The van der Waals surface area contributed by atoms with Crippen LogP contribution in [0.25, 0.3) is 0 Å². The molecule has 0 bridgehead atoms. The monoisotopic (exact) mass is 530 g/mol. The van der Waals surface area contributed by atoms with Gasteiger partial charge in [0.2, 0.25) is 5.91 Å². The molecule has 4 heterocycles. The molecule has 3 aromatic heterocycles. The minimum Gasteiger partial charge on any atom is -0.382 e. The predicted octanol–water partition coefficient (Wildman–Crippen LogP) is 3.60. The number of morpholine rings is 1. The quantitative estimate of drug-likeness (QED) is 0.329. The van der Waals surface area contributed by atoms with Gasteiger partial charge in [-0.1, -0.05) is 19.9 Å². The molecule has 1 fully saturated rings. The molecule has 3 aromatic rings. The van der Waals surface area contributed by atoms with Gasteiger partial charge in [0.25, 0.3) is 0 Å². The van der Waals surface area contributed by atoms with Crippen LogP contribution < -0.4 is 11.1 Å². The van der Waals surface area contributed by atoms with E-state index in [0.717, 1.165) is 6.07 Å². The van der Waals surface area contributed by atoms with E-state index in [4.69, 9.17) is 10.5 Å². The van der Waals surface area contributed by atoms with Crippen molar-refractivity contribution in [3.05, 3.63) is 71.9 Å². The number of carbonyl (C=O) groups is 1. The van der Waals surface area contributed by atoms with Crippen LogP contribution in [0.4, 0.5) is 24.7 Å². The molecule has 1 aliphatic rings. The van der Waals surface area contributed by atoms with E-state index in [0.29, 0.717) is 37.7 Å². The molecule has 13 heteroatoms. The highest BCUT2D eigenvalue weighted by atomic mass is 19.4. The van der Waals surface area contributed by atoms with Crippen LogP contribution in [0.3, 0.4) is 0 Å². The van der Waals surface area contributed by atoms with Gasteiger partial charge in [-0.3, -0.25) is 9.69 Å². The number of H-pyrrole nitrogens is 1. The fraction of sp³-hybridized carbons (Fsp3) is 0.320. The number of halogens is 3. The molecule has 0 spiro atoms. The third-order valence-corrected chi connectivity index (χ3v) is 5.08. The smallest absolute Gasteiger partial charge is 0.382 e. The first-order chi connectivity index (χ1) is 18.3. The van der Waals surface area contributed by atoms with Crippen molar-refractivity contribution in [1.29, 1.82) is 0 Å². The Morgan fingerprint density at radius 2 is 1.95 bits per heavy atom. The third kappa shape index (κ3) is 8.21. The number of nitrogens with one attached hydrogen (secondary N) is 2. The summed E-state index contributed by atoms with van der Waals surface area (Å²) in [4.78, 5) is 33.7. The topological polar surface area (TPSA) is 134 Å². The van der Waals surface area contributed by atoms with E-state index in [1.165, 1.54) is 18.3 Å². The zero-order chi connectivity index (χ0) is 27.5. The van der Waals surface area contributed by atoms with E-state index in [9.17, 15) is 18.0 Å². The van der Waals surface area contributed by atoms with E-state index >= 15 is 0 Å². The molecule has 4 N–H and O–H groups in total.